The normalized spacial score (nSPS) is 12.3. The molecule has 0 aliphatic rings. The van der Waals surface area contributed by atoms with Gasteiger partial charge in [-0.05, 0) is 69.1 Å². The summed E-state index contributed by atoms with van der Waals surface area (Å²) in [5, 5.41) is 19.8. The van der Waals surface area contributed by atoms with Crippen molar-refractivity contribution in [2.24, 2.45) is 11.7 Å². The molecule has 1 aromatic carbocycles. The average molecular weight is 790 g/mol. The van der Waals surface area contributed by atoms with Gasteiger partial charge in [-0.25, -0.2) is 19.2 Å². The van der Waals surface area contributed by atoms with Crippen LogP contribution in [-0.2, 0) is 44.8 Å². The number of esters is 1. The lowest BCUT2D eigenvalue weighted by molar-refractivity contribution is -0.148. The molecule has 312 valence electrons. The number of nitrogens with zero attached hydrogens (tertiary/aromatic N) is 2. The number of carboxylic acids is 1. The van der Waals surface area contributed by atoms with Crippen LogP contribution >= 0.6 is 0 Å². The molecular formula is C38H59N7O11. The Balaban J connectivity index is 2.77. The molecule has 18 heteroatoms. The first-order valence-corrected chi connectivity index (χ1v) is 18.6. The lowest BCUT2D eigenvalue weighted by Gasteiger charge is -2.25. The van der Waals surface area contributed by atoms with Crippen LogP contribution < -0.4 is 27.0 Å². The number of anilines is 1. The van der Waals surface area contributed by atoms with Gasteiger partial charge in [0.2, 0.25) is 23.6 Å². The first-order chi connectivity index (χ1) is 26.4. The lowest BCUT2D eigenvalue weighted by Crippen LogP contribution is -2.54. The molecule has 0 radical (unpaired) electrons. The Morgan fingerprint density at radius 2 is 1.54 bits per heavy atom. The van der Waals surface area contributed by atoms with E-state index in [2.05, 4.69) is 27.8 Å². The first-order valence-electron chi connectivity index (χ1n) is 18.6. The summed E-state index contributed by atoms with van der Waals surface area (Å²) in [5.41, 5.74) is 6.52. The number of nitrogens with one attached hydrogen (secondary N) is 4. The summed E-state index contributed by atoms with van der Waals surface area (Å²) < 4.78 is 10.5. The van der Waals surface area contributed by atoms with Crippen molar-refractivity contribution in [2.75, 3.05) is 39.1 Å². The number of amides is 7. The highest BCUT2D eigenvalue weighted by atomic mass is 16.6. The van der Waals surface area contributed by atoms with Crippen molar-refractivity contribution in [3.05, 3.63) is 42.0 Å². The maximum absolute atomic E-state index is 13.4. The molecule has 0 aromatic heterocycles. The monoisotopic (exact) mass is 789 g/mol. The minimum atomic E-state index is -1.14. The molecule has 18 nitrogen and oxygen atoms in total. The number of carbonyl (C=O) groups excluding carboxylic acids is 7. The number of rotatable bonds is 25. The molecule has 0 bridgehead atoms. The number of likely N-dealkylation sites (N-methyl/N-ethyl adjacent to an activating group) is 1. The van der Waals surface area contributed by atoms with Gasteiger partial charge in [0.25, 0.3) is 0 Å². The highest BCUT2D eigenvalue weighted by Crippen LogP contribution is 2.14. The lowest BCUT2D eigenvalue weighted by atomic mass is 10.0. The molecular weight excluding hydrogens is 730 g/mol. The zero-order chi connectivity index (χ0) is 42.4. The zero-order valence-electron chi connectivity index (χ0n) is 33.3. The summed E-state index contributed by atoms with van der Waals surface area (Å²) in [6, 6.07) is 2.69. The Morgan fingerprint density at radius 3 is 2.12 bits per heavy atom. The van der Waals surface area contributed by atoms with Crippen LogP contribution in [0.3, 0.4) is 0 Å². The van der Waals surface area contributed by atoms with Crippen molar-refractivity contribution in [3.63, 3.8) is 0 Å². The topological polar surface area (TPSA) is 256 Å². The second kappa shape index (κ2) is 25.4. The van der Waals surface area contributed by atoms with Gasteiger partial charge >= 0.3 is 24.1 Å². The number of primary amides is 1. The van der Waals surface area contributed by atoms with Crippen molar-refractivity contribution in [3.8, 4) is 0 Å². The van der Waals surface area contributed by atoms with Crippen molar-refractivity contribution in [2.45, 2.75) is 104 Å². The van der Waals surface area contributed by atoms with Crippen molar-refractivity contribution in [1.29, 1.82) is 0 Å². The van der Waals surface area contributed by atoms with E-state index in [1.807, 2.05) is 6.92 Å². The summed E-state index contributed by atoms with van der Waals surface area (Å²) >= 11 is 0. The van der Waals surface area contributed by atoms with Crippen LogP contribution in [0.2, 0.25) is 0 Å². The van der Waals surface area contributed by atoms with Gasteiger partial charge < -0.3 is 51.4 Å². The molecule has 0 unspecified atom stereocenters. The predicted octanol–water partition coefficient (Wildman–Crippen LogP) is 2.66. The SMILES string of the molecule is C=C(CC)C(=O)OCCCCCC(=O)N[C@H](C(=O)N[C@@H](CCCNC(N)=O)C(=O)Nc1ccc(COC(=O)N(C)CCC(=O)N(C)[C@@H](C)C(=O)O)cc1)C(C)C. The number of hydrogen-bond acceptors (Lipinski definition) is 10. The van der Waals surface area contributed by atoms with Gasteiger partial charge in [0, 0.05) is 51.3 Å². The number of unbranched alkanes of at least 4 members (excludes halogenated alkanes) is 2. The summed E-state index contributed by atoms with van der Waals surface area (Å²) in [6.07, 6.45) is 2.00. The fourth-order valence-electron chi connectivity index (χ4n) is 4.89. The van der Waals surface area contributed by atoms with Crippen molar-refractivity contribution in [1.82, 2.24) is 25.8 Å². The van der Waals surface area contributed by atoms with E-state index in [1.165, 1.54) is 25.9 Å². The predicted molar refractivity (Wildman–Crippen MR) is 207 cm³/mol. The summed E-state index contributed by atoms with van der Waals surface area (Å²) in [7, 11) is 2.82. The number of aliphatic carboxylic acids is 1. The molecule has 1 aromatic rings. The number of carbonyl (C=O) groups is 8. The maximum atomic E-state index is 13.4. The Bertz CT molecular complexity index is 1520. The van der Waals surface area contributed by atoms with Crippen molar-refractivity contribution >= 4 is 53.4 Å². The van der Waals surface area contributed by atoms with E-state index in [1.54, 1.807) is 38.1 Å². The van der Waals surface area contributed by atoms with Crippen LogP contribution in [-0.4, -0.2) is 115 Å². The molecule has 0 saturated heterocycles. The molecule has 3 atom stereocenters. The van der Waals surface area contributed by atoms with E-state index in [-0.39, 0.29) is 57.4 Å². The largest absolute Gasteiger partial charge is 0.480 e. The van der Waals surface area contributed by atoms with Crippen LogP contribution in [0.5, 0.6) is 0 Å². The minimum Gasteiger partial charge on any atom is -0.480 e. The van der Waals surface area contributed by atoms with Gasteiger partial charge in [0.1, 0.15) is 24.7 Å². The van der Waals surface area contributed by atoms with Crippen LogP contribution in [0.1, 0.15) is 84.6 Å². The zero-order valence-corrected chi connectivity index (χ0v) is 33.3. The molecule has 0 saturated carbocycles. The maximum Gasteiger partial charge on any atom is 0.409 e. The molecule has 7 amide bonds. The van der Waals surface area contributed by atoms with Gasteiger partial charge in [-0.15, -0.1) is 0 Å². The van der Waals surface area contributed by atoms with Crippen LogP contribution in [0.25, 0.3) is 0 Å². The Kier molecular flexibility index (Phi) is 21.9. The van der Waals surface area contributed by atoms with Gasteiger partial charge in [0.05, 0.1) is 6.61 Å². The van der Waals surface area contributed by atoms with E-state index in [4.69, 9.17) is 20.3 Å². The fraction of sp³-hybridized carbons (Fsp3) is 0.579. The summed E-state index contributed by atoms with van der Waals surface area (Å²) in [4.78, 5) is 101. The molecule has 0 fully saturated rings. The van der Waals surface area contributed by atoms with Crippen LogP contribution in [0.4, 0.5) is 15.3 Å². The minimum absolute atomic E-state index is 0.0116. The van der Waals surface area contributed by atoms with Gasteiger partial charge in [-0.1, -0.05) is 39.5 Å². The first kappa shape index (κ1) is 48.3. The highest BCUT2D eigenvalue weighted by Gasteiger charge is 2.29. The number of hydrogen-bond donors (Lipinski definition) is 6. The summed E-state index contributed by atoms with van der Waals surface area (Å²) in [5.74, 6) is -3.79. The Labute approximate surface area is 328 Å². The molecule has 1 rings (SSSR count). The molecule has 0 aliphatic carbocycles. The van der Waals surface area contributed by atoms with E-state index >= 15 is 0 Å². The second-order valence-electron chi connectivity index (χ2n) is 13.6. The van der Waals surface area contributed by atoms with Crippen LogP contribution in [0.15, 0.2) is 36.4 Å². The van der Waals surface area contributed by atoms with Gasteiger partial charge in [0.15, 0.2) is 0 Å². The smallest absolute Gasteiger partial charge is 0.409 e. The van der Waals surface area contributed by atoms with E-state index in [0.29, 0.717) is 48.9 Å². The van der Waals surface area contributed by atoms with E-state index in [9.17, 15) is 38.4 Å². The quantitative estimate of drug-likeness (QED) is 0.0477. The number of nitrogens with two attached hydrogens (primary N) is 1. The fourth-order valence-corrected chi connectivity index (χ4v) is 4.89. The summed E-state index contributed by atoms with van der Waals surface area (Å²) in [6.45, 7) is 10.6. The highest BCUT2D eigenvalue weighted by molar-refractivity contribution is 5.98. The number of carboxylic acid groups (broad SMARTS) is 1. The number of benzene rings is 1. The standard InChI is InChI=1S/C38H59N7O11/c1-8-25(4)36(52)55-22-11-9-10-14-30(46)43-32(24(2)3)34(49)42-29(13-12-20-40-37(39)53)33(48)41-28-17-15-27(16-18-28)23-56-38(54)44(6)21-19-31(47)45(7)26(5)35(50)51/h15-18,24,26,29,32H,4,8-14,19-23H2,1-3,5-7H3,(H,41,48)(H,42,49)(H,43,46)(H,50,51)(H3,39,40,53)/t26-,29-,32-/m0/s1. The van der Waals surface area contributed by atoms with E-state index in [0.717, 1.165) is 4.90 Å². The Morgan fingerprint density at radius 1 is 0.875 bits per heavy atom. The third kappa shape index (κ3) is 18.6. The van der Waals surface area contributed by atoms with Gasteiger partial charge in [-0.2, -0.15) is 0 Å². The third-order valence-electron chi connectivity index (χ3n) is 8.75. The third-order valence-corrected chi connectivity index (χ3v) is 8.75. The molecule has 0 aliphatic heterocycles. The average Bonchev–Trinajstić information content (AvgIpc) is 3.16. The number of ether oxygens (including phenoxy) is 2. The molecule has 0 spiro atoms. The van der Waals surface area contributed by atoms with E-state index < -0.39 is 59.9 Å². The molecule has 7 N–H and O–H groups in total. The molecule has 0 heterocycles. The molecule has 56 heavy (non-hydrogen) atoms. The number of urea groups is 1. The van der Waals surface area contributed by atoms with Gasteiger partial charge in [-0.3, -0.25) is 19.2 Å². The Hall–Kier alpha value is -5.68. The van der Waals surface area contributed by atoms with Crippen LogP contribution in [0, 0.1) is 5.92 Å². The second-order valence-corrected chi connectivity index (χ2v) is 13.6. The van der Waals surface area contributed by atoms with Crippen molar-refractivity contribution < 1.29 is 52.9 Å².